The van der Waals surface area contributed by atoms with E-state index in [1.165, 1.54) is 96.7 Å². The van der Waals surface area contributed by atoms with Crippen LogP contribution in [-0.2, 0) is 0 Å². The molecule has 0 saturated heterocycles. The summed E-state index contributed by atoms with van der Waals surface area (Å²) in [5, 5.41) is 5.25. The monoisotopic (exact) mass is 777 g/mol. The first-order valence-corrected chi connectivity index (χ1v) is 20.9. The fourth-order valence-corrected chi connectivity index (χ4v) is 11.0. The number of nitrogens with zero attached hydrogens (tertiary/aromatic N) is 1. The van der Waals surface area contributed by atoms with Crippen LogP contribution < -0.4 is 0 Å². The number of para-hydroxylation sites is 2. The normalized spacial score (nSPS) is 11.6. The second kappa shape index (κ2) is 13.6. The SMILES string of the molecule is c1ccc(-c2cccc(-c3cc(-c4cc(-c5ccccc5)c5[se]c6ccccc6c5c4)cc(-c4ccc5c6ccccc6n(-c6ccccc6)c5c4)c3)c2)cc1. The Balaban J connectivity index is 1.17. The molecule has 0 aliphatic rings. The zero-order valence-corrected chi connectivity index (χ0v) is 32.3. The van der Waals surface area contributed by atoms with Crippen LogP contribution >= 0.6 is 0 Å². The van der Waals surface area contributed by atoms with E-state index in [-0.39, 0.29) is 14.5 Å². The maximum atomic E-state index is 2.45. The first-order chi connectivity index (χ1) is 27.7. The predicted molar refractivity (Wildman–Crippen MR) is 240 cm³/mol. The summed E-state index contributed by atoms with van der Waals surface area (Å²) in [5.41, 5.74) is 15.9. The molecule has 0 aliphatic carbocycles. The molecule has 1 nitrogen and oxygen atoms in total. The number of hydrogen-bond donors (Lipinski definition) is 0. The van der Waals surface area contributed by atoms with Crippen molar-refractivity contribution in [1.29, 1.82) is 0 Å². The van der Waals surface area contributed by atoms with Gasteiger partial charge < -0.3 is 0 Å². The van der Waals surface area contributed by atoms with Crippen LogP contribution in [0.3, 0.4) is 0 Å². The Bertz CT molecular complexity index is 3230. The Hall–Kier alpha value is -6.70. The summed E-state index contributed by atoms with van der Waals surface area (Å²) in [4.78, 5) is 0. The van der Waals surface area contributed by atoms with E-state index in [0.717, 1.165) is 5.69 Å². The van der Waals surface area contributed by atoms with E-state index in [0.29, 0.717) is 0 Å². The molecule has 11 aromatic rings. The first kappa shape index (κ1) is 32.7. The smallest absolute Gasteiger partial charge is 0.0617 e. The van der Waals surface area contributed by atoms with Crippen LogP contribution in [-0.4, -0.2) is 19.1 Å². The third-order valence-corrected chi connectivity index (χ3v) is 13.7. The van der Waals surface area contributed by atoms with Crippen LogP contribution in [0, 0.1) is 0 Å². The topological polar surface area (TPSA) is 4.93 Å². The zero-order valence-electron chi connectivity index (χ0n) is 30.6. The van der Waals surface area contributed by atoms with E-state index < -0.39 is 0 Å². The molecule has 0 bridgehead atoms. The molecule has 0 N–H and O–H groups in total. The molecule has 0 aliphatic heterocycles. The Morgan fingerprint density at radius 1 is 0.286 bits per heavy atom. The molecule has 0 unspecified atom stereocenters. The molecule has 0 amide bonds. The van der Waals surface area contributed by atoms with Crippen molar-refractivity contribution >= 4 is 55.6 Å². The van der Waals surface area contributed by atoms with E-state index >= 15 is 0 Å². The van der Waals surface area contributed by atoms with E-state index in [1.807, 2.05) is 0 Å². The molecule has 262 valence electrons. The second-order valence-electron chi connectivity index (χ2n) is 14.5. The van der Waals surface area contributed by atoms with Crippen LogP contribution in [0.5, 0.6) is 0 Å². The summed E-state index contributed by atoms with van der Waals surface area (Å²) in [7, 11) is 0. The Morgan fingerprint density at radius 3 is 1.55 bits per heavy atom. The fraction of sp³-hybridized carbons (Fsp3) is 0. The van der Waals surface area contributed by atoms with E-state index in [4.69, 9.17) is 0 Å². The molecule has 11 rings (SSSR count). The Kier molecular flexibility index (Phi) is 7.91. The van der Waals surface area contributed by atoms with Gasteiger partial charge in [-0.15, -0.1) is 0 Å². The molecule has 0 radical (unpaired) electrons. The molecule has 2 aromatic heterocycles. The van der Waals surface area contributed by atoms with Crippen molar-refractivity contribution in [3.63, 3.8) is 0 Å². The van der Waals surface area contributed by atoms with Crippen LogP contribution in [0.25, 0.3) is 102 Å². The van der Waals surface area contributed by atoms with E-state index in [2.05, 4.69) is 217 Å². The minimum atomic E-state index is 0.243. The van der Waals surface area contributed by atoms with Crippen LogP contribution in [0.4, 0.5) is 0 Å². The van der Waals surface area contributed by atoms with Crippen molar-refractivity contribution < 1.29 is 0 Å². The summed E-state index contributed by atoms with van der Waals surface area (Å²) < 4.78 is 5.34. The van der Waals surface area contributed by atoms with E-state index in [1.54, 1.807) is 0 Å². The summed E-state index contributed by atoms with van der Waals surface area (Å²) in [6.45, 7) is 0. The van der Waals surface area contributed by atoms with Gasteiger partial charge >= 0.3 is 261 Å². The minimum absolute atomic E-state index is 0.243. The third-order valence-electron chi connectivity index (χ3n) is 11.2. The van der Waals surface area contributed by atoms with Gasteiger partial charge in [-0.3, -0.25) is 0 Å². The molecule has 0 saturated carbocycles. The molecule has 2 heteroatoms. The maximum absolute atomic E-state index is 2.45. The summed E-state index contributed by atoms with van der Waals surface area (Å²) in [6, 6.07) is 78.2. The first-order valence-electron chi connectivity index (χ1n) is 19.2. The van der Waals surface area contributed by atoms with Gasteiger partial charge in [-0.1, -0.05) is 54.6 Å². The van der Waals surface area contributed by atoms with Crippen molar-refractivity contribution in [1.82, 2.24) is 4.57 Å². The zero-order chi connectivity index (χ0) is 37.0. The van der Waals surface area contributed by atoms with Gasteiger partial charge in [0.2, 0.25) is 0 Å². The van der Waals surface area contributed by atoms with Crippen LogP contribution in [0.1, 0.15) is 0 Å². The average Bonchev–Trinajstić information content (AvgIpc) is 3.82. The van der Waals surface area contributed by atoms with Gasteiger partial charge in [-0.25, -0.2) is 0 Å². The number of benzene rings is 9. The van der Waals surface area contributed by atoms with Crippen molar-refractivity contribution in [2.75, 3.05) is 0 Å². The van der Waals surface area contributed by atoms with Gasteiger partial charge in [0, 0.05) is 0 Å². The second-order valence-corrected chi connectivity index (χ2v) is 16.7. The van der Waals surface area contributed by atoms with Gasteiger partial charge in [-0.05, 0) is 18.2 Å². The van der Waals surface area contributed by atoms with Crippen LogP contribution in [0.2, 0.25) is 0 Å². The fourth-order valence-electron chi connectivity index (χ4n) is 8.47. The molecule has 0 atom stereocenters. The Morgan fingerprint density at radius 2 is 0.804 bits per heavy atom. The number of fused-ring (bicyclic) bond motifs is 6. The van der Waals surface area contributed by atoms with Gasteiger partial charge in [-0.2, -0.15) is 0 Å². The molecule has 56 heavy (non-hydrogen) atoms. The molecular weight excluding hydrogens is 742 g/mol. The summed E-state index contributed by atoms with van der Waals surface area (Å²) >= 11 is 0.243. The molecule has 0 fully saturated rings. The van der Waals surface area contributed by atoms with Gasteiger partial charge in [0.05, 0.1) is 0 Å². The minimum Gasteiger partial charge on any atom is -0.0617 e. The van der Waals surface area contributed by atoms with Crippen molar-refractivity contribution in [2.45, 2.75) is 0 Å². The van der Waals surface area contributed by atoms with Crippen molar-refractivity contribution in [3.8, 4) is 61.3 Å². The third kappa shape index (κ3) is 5.62. The molecule has 9 aromatic carbocycles. The van der Waals surface area contributed by atoms with Crippen molar-refractivity contribution in [2.24, 2.45) is 0 Å². The number of aromatic nitrogens is 1. The number of rotatable bonds is 6. The Labute approximate surface area is 332 Å². The quantitative estimate of drug-likeness (QED) is 0.148. The van der Waals surface area contributed by atoms with Gasteiger partial charge in [0.1, 0.15) is 0 Å². The number of hydrogen-bond acceptors (Lipinski definition) is 0. The van der Waals surface area contributed by atoms with E-state index in [9.17, 15) is 0 Å². The molecule has 0 spiro atoms. The molecular formula is C54H35NSe. The van der Waals surface area contributed by atoms with Gasteiger partial charge in [0.15, 0.2) is 0 Å². The molecule has 2 heterocycles. The predicted octanol–water partition coefficient (Wildman–Crippen LogP) is 14.5. The van der Waals surface area contributed by atoms with Crippen LogP contribution in [0.15, 0.2) is 212 Å². The standard InChI is InChI=1S/C54H35NSe/c1-4-15-36(16-5-1)38-19-14-20-39(29-38)41-30-42(40-27-28-47-46-23-10-12-25-51(46)55(52(47)35-40)45-21-8-3-9-22-45)32-43(31-41)44-33-49(37-17-6-2-7-18-37)54-50(34-44)48-24-11-13-26-53(48)56-54/h1-35H. The summed E-state index contributed by atoms with van der Waals surface area (Å²) in [5.74, 6) is 0. The average molecular weight is 777 g/mol. The van der Waals surface area contributed by atoms with Gasteiger partial charge in [0.25, 0.3) is 0 Å². The van der Waals surface area contributed by atoms with Crippen molar-refractivity contribution in [3.05, 3.63) is 212 Å². The summed E-state index contributed by atoms with van der Waals surface area (Å²) in [6.07, 6.45) is 0.